The Kier molecular flexibility index (Phi) is 4.52. The largest absolute Gasteiger partial charge is 0.481 e. The normalized spacial score (nSPS) is 10.8. The maximum absolute atomic E-state index is 12.0. The first-order chi connectivity index (χ1) is 9.99. The van der Waals surface area contributed by atoms with Crippen molar-refractivity contribution in [1.29, 1.82) is 0 Å². The summed E-state index contributed by atoms with van der Waals surface area (Å²) in [5.41, 5.74) is 1.44. The molecule has 0 unspecified atom stereocenters. The molecule has 2 aromatic rings. The average molecular weight is 290 g/mol. The van der Waals surface area contributed by atoms with Gasteiger partial charge in [-0.15, -0.1) is 0 Å². The molecule has 0 radical (unpaired) electrons. The lowest BCUT2D eigenvalue weighted by atomic mass is 10.1. The van der Waals surface area contributed by atoms with Crippen molar-refractivity contribution in [1.82, 2.24) is 19.3 Å². The number of aryl methyl sites for hydroxylation is 2. The van der Waals surface area contributed by atoms with Gasteiger partial charge in [-0.2, -0.15) is 10.1 Å². The summed E-state index contributed by atoms with van der Waals surface area (Å²) in [6, 6.07) is 1.84. The van der Waals surface area contributed by atoms with E-state index in [1.54, 1.807) is 24.7 Å². The van der Waals surface area contributed by atoms with Crippen molar-refractivity contribution >= 4 is 5.97 Å². The van der Waals surface area contributed by atoms with Crippen molar-refractivity contribution in [3.63, 3.8) is 0 Å². The Morgan fingerprint density at radius 1 is 1.33 bits per heavy atom. The van der Waals surface area contributed by atoms with Gasteiger partial charge in [-0.1, -0.05) is 0 Å². The lowest BCUT2D eigenvalue weighted by Crippen LogP contribution is -2.29. The second-order valence-corrected chi connectivity index (χ2v) is 4.89. The molecule has 1 N–H and O–H groups in total. The van der Waals surface area contributed by atoms with Crippen LogP contribution in [-0.4, -0.2) is 30.4 Å². The number of rotatable bonds is 6. The van der Waals surface area contributed by atoms with Crippen molar-refractivity contribution in [2.24, 2.45) is 0 Å². The predicted octanol–water partition coefficient (Wildman–Crippen LogP) is 0.774. The SMILES string of the molecule is Cc1nc(=O)n(CCCn2cccn2)c(C)c1CC(=O)O. The van der Waals surface area contributed by atoms with Crippen LogP contribution in [0.1, 0.15) is 23.4 Å². The molecule has 21 heavy (non-hydrogen) atoms. The summed E-state index contributed by atoms with van der Waals surface area (Å²) in [4.78, 5) is 26.8. The second kappa shape index (κ2) is 6.34. The molecule has 0 saturated heterocycles. The molecule has 0 aliphatic heterocycles. The highest BCUT2D eigenvalue weighted by atomic mass is 16.4. The number of carboxylic acids is 1. The molecular weight excluding hydrogens is 272 g/mol. The molecular formula is C14H18N4O3. The highest BCUT2D eigenvalue weighted by Gasteiger charge is 2.13. The molecule has 0 amide bonds. The fraction of sp³-hybridized carbons (Fsp3) is 0.429. The standard InChI is InChI=1S/C14H18N4O3/c1-10-12(9-13(19)20)11(2)18(14(21)16-10)8-4-7-17-6-3-5-15-17/h3,5-6H,4,7-9H2,1-2H3,(H,19,20). The van der Waals surface area contributed by atoms with Gasteiger partial charge in [0.05, 0.1) is 6.42 Å². The third-order valence-electron chi connectivity index (χ3n) is 3.43. The molecule has 0 aromatic carbocycles. The molecule has 0 bridgehead atoms. The maximum Gasteiger partial charge on any atom is 0.347 e. The van der Waals surface area contributed by atoms with Gasteiger partial charge < -0.3 is 5.11 Å². The third kappa shape index (κ3) is 3.56. The van der Waals surface area contributed by atoms with Crippen LogP contribution < -0.4 is 5.69 Å². The fourth-order valence-corrected chi connectivity index (χ4v) is 2.33. The van der Waals surface area contributed by atoms with Crippen LogP contribution in [0.5, 0.6) is 0 Å². The lowest BCUT2D eigenvalue weighted by Gasteiger charge is -2.14. The molecule has 112 valence electrons. The van der Waals surface area contributed by atoms with Gasteiger partial charge >= 0.3 is 11.7 Å². The predicted molar refractivity (Wildman–Crippen MR) is 76.2 cm³/mol. The maximum atomic E-state index is 12.0. The Morgan fingerprint density at radius 3 is 2.71 bits per heavy atom. The third-order valence-corrected chi connectivity index (χ3v) is 3.43. The zero-order valence-corrected chi connectivity index (χ0v) is 12.1. The Bertz CT molecular complexity index is 689. The first-order valence-corrected chi connectivity index (χ1v) is 6.75. The molecule has 7 nitrogen and oxygen atoms in total. The van der Waals surface area contributed by atoms with Crippen LogP contribution in [0.15, 0.2) is 23.3 Å². The van der Waals surface area contributed by atoms with E-state index in [9.17, 15) is 9.59 Å². The van der Waals surface area contributed by atoms with Crippen molar-refractivity contribution in [2.75, 3.05) is 0 Å². The number of hydrogen-bond donors (Lipinski definition) is 1. The minimum atomic E-state index is -0.926. The highest BCUT2D eigenvalue weighted by molar-refractivity contribution is 5.70. The number of carbonyl (C=O) groups is 1. The summed E-state index contributed by atoms with van der Waals surface area (Å²) in [6.07, 6.45) is 4.17. The van der Waals surface area contributed by atoms with Crippen LogP contribution >= 0.6 is 0 Å². The van der Waals surface area contributed by atoms with Gasteiger partial charge in [-0.25, -0.2) is 4.79 Å². The van der Waals surface area contributed by atoms with Gasteiger partial charge in [-0.3, -0.25) is 14.0 Å². The number of aromatic nitrogens is 4. The van der Waals surface area contributed by atoms with Crippen molar-refractivity contribution in [3.05, 3.63) is 45.9 Å². The smallest absolute Gasteiger partial charge is 0.347 e. The van der Waals surface area contributed by atoms with Gasteiger partial charge in [0, 0.05) is 42.4 Å². The van der Waals surface area contributed by atoms with E-state index in [1.807, 2.05) is 12.3 Å². The van der Waals surface area contributed by atoms with Gasteiger partial charge in [0.25, 0.3) is 0 Å². The Hall–Kier alpha value is -2.44. The molecule has 0 aliphatic rings. The van der Waals surface area contributed by atoms with E-state index in [-0.39, 0.29) is 12.1 Å². The summed E-state index contributed by atoms with van der Waals surface area (Å²) in [5, 5.41) is 13.0. The Morgan fingerprint density at radius 2 is 2.10 bits per heavy atom. The fourth-order valence-electron chi connectivity index (χ4n) is 2.33. The quantitative estimate of drug-likeness (QED) is 0.848. The molecule has 7 heteroatoms. The first kappa shape index (κ1) is 15.0. The Balaban J connectivity index is 2.18. The average Bonchev–Trinajstić information content (AvgIpc) is 2.91. The van der Waals surface area contributed by atoms with E-state index in [0.717, 1.165) is 6.42 Å². The van der Waals surface area contributed by atoms with Crippen molar-refractivity contribution in [3.8, 4) is 0 Å². The van der Waals surface area contributed by atoms with Crippen LogP contribution in [0.2, 0.25) is 0 Å². The molecule has 0 saturated carbocycles. The molecule has 2 heterocycles. The van der Waals surface area contributed by atoms with Crippen LogP contribution in [0.4, 0.5) is 0 Å². The van der Waals surface area contributed by atoms with Crippen LogP contribution in [0.3, 0.4) is 0 Å². The van der Waals surface area contributed by atoms with E-state index in [2.05, 4.69) is 10.1 Å². The number of hydrogen-bond acceptors (Lipinski definition) is 4. The molecule has 2 rings (SSSR count). The van der Waals surface area contributed by atoms with Gasteiger partial charge in [0.15, 0.2) is 0 Å². The second-order valence-electron chi connectivity index (χ2n) is 4.89. The van der Waals surface area contributed by atoms with E-state index < -0.39 is 5.97 Å². The lowest BCUT2D eigenvalue weighted by molar-refractivity contribution is -0.136. The summed E-state index contributed by atoms with van der Waals surface area (Å²) < 4.78 is 3.33. The summed E-state index contributed by atoms with van der Waals surface area (Å²) >= 11 is 0. The van der Waals surface area contributed by atoms with E-state index in [4.69, 9.17) is 5.11 Å². The summed E-state index contributed by atoms with van der Waals surface area (Å²) in [6.45, 7) is 4.62. The zero-order valence-electron chi connectivity index (χ0n) is 12.1. The van der Waals surface area contributed by atoms with Gasteiger partial charge in [-0.05, 0) is 26.3 Å². The van der Waals surface area contributed by atoms with Gasteiger partial charge in [0.2, 0.25) is 0 Å². The molecule has 2 aromatic heterocycles. The molecule has 0 atom stereocenters. The van der Waals surface area contributed by atoms with Crippen molar-refractivity contribution < 1.29 is 9.90 Å². The zero-order chi connectivity index (χ0) is 15.4. The van der Waals surface area contributed by atoms with Crippen LogP contribution in [0.25, 0.3) is 0 Å². The van der Waals surface area contributed by atoms with E-state index in [0.29, 0.717) is 30.0 Å². The van der Waals surface area contributed by atoms with Crippen LogP contribution in [0, 0.1) is 13.8 Å². The summed E-state index contributed by atoms with van der Waals surface area (Å²) in [5.74, 6) is -0.926. The number of carboxylic acid groups (broad SMARTS) is 1. The minimum absolute atomic E-state index is 0.121. The molecule has 0 spiro atoms. The van der Waals surface area contributed by atoms with Crippen LogP contribution in [-0.2, 0) is 24.3 Å². The first-order valence-electron chi connectivity index (χ1n) is 6.75. The van der Waals surface area contributed by atoms with Crippen molar-refractivity contribution in [2.45, 2.75) is 39.8 Å². The van der Waals surface area contributed by atoms with Gasteiger partial charge in [0.1, 0.15) is 0 Å². The number of nitrogens with zero attached hydrogens (tertiary/aromatic N) is 4. The monoisotopic (exact) mass is 290 g/mol. The topological polar surface area (TPSA) is 90.0 Å². The Labute approximate surface area is 121 Å². The van der Waals surface area contributed by atoms with E-state index in [1.165, 1.54) is 4.57 Å². The molecule has 0 fully saturated rings. The minimum Gasteiger partial charge on any atom is -0.481 e. The number of aliphatic carboxylic acids is 1. The summed E-state index contributed by atoms with van der Waals surface area (Å²) in [7, 11) is 0. The van der Waals surface area contributed by atoms with E-state index >= 15 is 0 Å². The molecule has 0 aliphatic carbocycles. The highest BCUT2D eigenvalue weighted by Crippen LogP contribution is 2.11.